The van der Waals surface area contributed by atoms with Gasteiger partial charge in [-0.3, -0.25) is 4.79 Å². The van der Waals surface area contributed by atoms with E-state index in [1.165, 1.54) is 11.1 Å². The number of amides is 1. The van der Waals surface area contributed by atoms with Gasteiger partial charge >= 0.3 is 0 Å². The summed E-state index contributed by atoms with van der Waals surface area (Å²) in [6.45, 7) is 2.59. The van der Waals surface area contributed by atoms with Gasteiger partial charge in [-0.1, -0.05) is 24.3 Å². The highest BCUT2D eigenvalue weighted by Crippen LogP contribution is 2.20. The van der Waals surface area contributed by atoms with Crippen molar-refractivity contribution in [3.63, 3.8) is 0 Å². The molecule has 3 rings (SSSR count). The number of thioether (sulfide) groups is 1. The van der Waals surface area contributed by atoms with Crippen LogP contribution in [0.5, 0.6) is 0 Å². The maximum Gasteiger partial charge on any atom is 0.240 e. The van der Waals surface area contributed by atoms with Crippen molar-refractivity contribution in [2.24, 2.45) is 0 Å². The lowest BCUT2D eigenvalue weighted by atomic mass is 9.99. The van der Waals surface area contributed by atoms with E-state index < -0.39 is 0 Å². The highest BCUT2D eigenvalue weighted by atomic mass is 32.2. The van der Waals surface area contributed by atoms with E-state index in [0.717, 1.165) is 37.6 Å². The van der Waals surface area contributed by atoms with E-state index >= 15 is 0 Å². The SMILES string of the molecule is O=C(C1CSCCN1)N1CCc2ccccc2C1. The van der Waals surface area contributed by atoms with Crippen molar-refractivity contribution < 1.29 is 4.79 Å². The molecule has 2 aliphatic rings. The Kier molecular flexibility index (Phi) is 3.57. The molecule has 0 bridgehead atoms. The lowest BCUT2D eigenvalue weighted by Gasteiger charge is -2.33. The number of nitrogens with zero attached hydrogens (tertiary/aromatic N) is 1. The van der Waals surface area contributed by atoms with Gasteiger partial charge in [0.2, 0.25) is 5.91 Å². The van der Waals surface area contributed by atoms with E-state index in [1.54, 1.807) is 0 Å². The van der Waals surface area contributed by atoms with Crippen LogP contribution in [0.3, 0.4) is 0 Å². The van der Waals surface area contributed by atoms with Crippen molar-refractivity contribution >= 4 is 17.7 Å². The first-order valence-corrected chi connectivity index (χ1v) is 7.67. The largest absolute Gasteiger partial charge is 0.337 e. The molecule has 0 saturated carbocycles. The predicted octanol–water partition coefficient (Wildman–Crippen LogP) is 1.28. The summed E-state index contributed by atoms with van der Waals surface area (Å²) in [6, 6.07) is 8.47. The van der Waals surface area contributed by atoms with Crippen LogP contribution in [0.4, 0.5) is 0 Å². The van der Waals surface area contributed by atoms with Gasteiger partial charge in [0.1, 0.15) is 0 Å². The monoisotopic (exact) mass is 262 g/mol. The average molecular weight is 262 g/mol. The first-order chi connectivity index (χ1) is 8.84. The fraction of sp³-hybridized carbons (Fsp3) is 0.500. The van der Waals surface area contributed by atoms with Gasteiger partial charge in [0.15, 0.2) is 0 Å². The summed E-state index contributed by atoms with van der Waals surface area (Å²) < 4.78 is 0. The Labute approximate surface area is 112 Å². The van der Waals surface area contributed by atoms with E-state index in [-0.39, 0.29) is 11.9 Å². The van der Waals surface area contributed by atoms with Gasteiger partial charge in [-0.05, 0) is 17.5 Å². The molecule has 96 valence electrons. The molecule has 1 aromatic rings. The van der Waals surface area contributed by atoms with E-state index in [4.69, 9.17) is 0 Å². The molecule has 1 N–H and O–H groups in total. The molecule has 1 amide bonds. The summed E-state index contributed by atoms with van der Waals surface area (Å²) in [5.74, 6) is 2.31. The highest BCUT2D eigenvalue weighted by molar-refractivity contribution is 7.99. The van der Waals surface area contributed by atoms with Crippen LogP contribution in [-0.4, -0.2) is 41.4 Å². The van der Waals surface area contributed by atoms with Crippen LogP contribution in [0.2, 0.25) is 0 Å². The Morgan fingerprint density at radius 1 is 1.33 bits per heavy atom. The number of benzene rings is 1. The van der Waals surface area contributed by atoms with Gasteiger partial charge in [0.05, 0.1) is 6.04 Å². The number of rotatable bonds is 1. The molecule has 2 aliphatic heterocycles. The van der Waals surface area contributed by atoms with Crippen molar-refractivity contribution in [3.8, 4) is 0 Å². The van der Waals surface area contributed by atoms with Crippen molar-refractivity contribution in [1.29, 1.82) is 0 Å². The normalized spacial score (nSPS) is 23.6. The fourth-order valence-corrected chi connectivity index (χ4v) is 3.55. The third kappa shape index (κ3) is 2.40. The summed E-state index contributed by atoms with van der Waals surface area (Å²) in [6.07, 6.45) is 0.988. The first kappa shape index (κ1) is 12.1. The maximum absolute atomic E-state index is 12.4. The minimum absolute atomic E-state index is 0.0222. The van der Waals surface area contributed by atoms with Gasteiger partial charge in [0, 0.05) is 31.1 Å². The zero-order valence-electron chi connectivity index (χ0n) is 10.4. The molecule has 0 aliphatic carbocycles. The Morgan fingerprint density at radius 2 is 2.17 bits per heavy atom. The van der Waals surface area contributed by atoms with Crippen molar-refractivity contribution in [2.75, 3.05) is 24.6 Å². The second-order valence-electron chi connectivity index (χ2n) is 4.86. The van der Waals surface area contributed by atoms with Crippen LogP contribution < -0.4 is 5.32 Å². The van der Waals surface area contributed by atoms with E-state index in [2.05, 4.69) is 29.6 Å². The minimum atomic E-state index is 0.0222. The molecule has 18 heavy (non-hydrogen) atoms. The topological polar surface area (TPSA) is 32.3 Å². The molecular weight excluding hydrogens is 244 g/mol. The third-order valence-electron chi connectivity index (χ3n) is 3.66. The quantitative estimate of drug-likeness (QED) is 0.827. The molecule has 3 nitrogen and oxygen atoms in total. The summed E-state index contributed by atoms with van der Waals surface area (Å²) in [5.41, 5.74) is 2.70. The number of fused-ring (bicyclic) bond motifs is 1. The first-order valence-electron chi connectivity index (χ1n) is 6.51. The molecule has 4 heteroatoms. The third-order valence-corrected chi connectivity index (χ3v) is 4.72. The Hall–Kier alpha value is -1.00. The van der Waals surface area contributed by atoms with Gasteiger partial charge in [-0.15, -0.1) is 0 Å². The summed E-state index contributed by atoms with van der Waals surface area (Å²) in [7, 11) is 0. The fourth-order valence-electron chi connectivity index (χ4n) is 2.63. The van der Waals surface area contributed by atoms with Gasteiger partial charge < -0.3 is 10.2 Å². The zero-order valence-corrected chi connectivity index (χ0v) is 11.2. The molecule has 0 spiro atoms. The number of carbonyl (C=O) groups is 1. The summed E-state index contributed by atoms with van der Waals surface area (Å²) >= 11 is 1.87. The number of nitrogens with one attached hydrogen (secondary N) is 1. The van der Waals surface area contributed by atoms with Crippen molar-refractivity contribution in [1.82, 2.24) is 10.2 Å². The number of carbonyl (C=O) groups excluding carboxylic acids is 1. The number of hydrogen-bond donors (Lipinski definition) is 1. The second kappa shape index (κ2) is 5.33. The zero-order chi connectivity index (χ0) is 12.4. The smallest absolute Gasteiger partial charge is 0.240 e. The predicted molar refractivity (Wildman–Crippen MR) is 74.7 cm³/mol. The summed E-state index contributed by atoms with van der Waals surface area (Å²) in [4.78, 5) is 14.4. The average Bonchev–Trinajstić information content (AvgIpc) is 2.47. The molecule has 1 unspecified atom stereocenters. The molecule has 1 atom stereocenters. The van der Waals surface area contributed by atoms with Crippen molar-refractivity contribution in [3.05, 3.63) is 35.4 Å². The van der Waals surface area contributed by atoms with Crippen LogP contribution in [-0.2, 0) is 17.8 Å². The Balaban J connectivity index is 1.69. The molecule has 1 aromatic carbocycles. The standard InChI is InChI=1S/C14H18N2OS/c17-14(13-10-18-8-6-15-13)16-7-5-11-3-1-2-4-12(11)9-16/h1-4,13,15H,5-10H2. The lowest BCUT2D eigenvalue weighted by molar-refractivity contribution is -0.133. The highest BCUT2D eigenvalue weighted by Gasteiger charge is 2.28. The van der Waals surface area contributed by atoms with Crippen LogP contribution >= 0.6 is 11.8 Å². The molecule has 0 aromatic heterocycles. The lowest BCUT2D eigenvalue weighted by Crippen LogP contribution is -2.51. The van der Waals surface area contributed by atoms with Crippen LogP contribution in [0, 0.1) is 0 Å². The Bertz CT molecular complexity index is 443. The molecule has 1 saturated heterocycles. The van der Waals surface area contributed by atoms with Gasteiger partial charge in [-0.2, -0.15) is 11.8 Å². The molecule has 0 radical (unpaired) electrons. The molecular formula is C14H18N2OS. The Morgan fingerprint density at radius 3 is 2.94 bits per heavy atom. The number of hydrogen-bond acceptors (Lipinski definition) is 3. The minimum Gasteiger partial charge on any atom is -0.337 e. The van der Waals surface area contributed by atoms with E-state index in [0.29, 0.717) is 0 Å². The van der Waals surface area contributed by atoms with Crippen molar-refractivity contribution in [2.45, 2.75) is 19.0 Å². The van der Waals surface area contributed by atoms with Crippen LogP contribution in [0.1, 0.15) is 11.1 Å². The second-order valence-corrected chi connectivity index (χ2v) is 6.01. The molecule has 2 heterocycles. The van der Waals surface area contributed by atoms with E-state index in [1.807, 2.05) is 16.7 Å². The van der Waals surface area contributed by atoms with Gasteiger partial charge in [0.25, 0.3) is 0 Å². The van der Waals surface area contributed by atoms with Gasteiger partial charge in [-0.25, -0.2) is 0 Å². The van der Waals surface area contributed by atoms with E-state index in [9.17, 15) is 4.79 Å². The molecule has 1 fully saturated rings. The maximum atomic E-state index is 12.4. The summed E-state index contributed by atoms with van der Waals surface area (Å²) in [5, 5.41) is 3.33. The van der Waals surface area contributed by atoms with Crippen LogP contribution in [0.25, 0.3) is 0 Å². The van der Waals surface area contributed by atoms with Crippen LogP contribution in [0.15, 0.2) is 24.3 Å².